The summed E-state index contributed by atoms with van der Waals surface area (Å²) in [4.78, 5) is 23.7. The van der Waals surface area contributed by atoms with E-state index in [1.807, 2.05) is 68.4 Å². The topological polar surface area (TPSA) is 58.2 Å². The molecular formula is C20H24N2O2. The first-order valence-electron chi connectivity index (χ1n) is 8.25. The monoisotopic (exact) mass is 324 g/mol. The van der Waals surface area contributed by atoms with Crippen LogP contribution in [0.2, 0.25) is 0 Å². The Morgan fingerprint density at radius 1 is 0.875 bits per heavy atom. The molecule has 0 saturated carbocycles. The van der Waals surface area contributed by atoms with Crippen molar-refractivity contribution in [1.29, 1.82) is 0 Å². The second-order valence-electron chi connectivity index (χ2n) is 6.13. The van der Waals surface area contributed by atoms with E-state index in [1.165, 1.54) is 0 Å². The molecule has 0 radical (unpaired) electrons. The average Bonchev–Trinajstić information content (AvgIpc) is 2.55. The highest BCUT2D eigenvalue weighted by atomic mass is 16.2. The summed E-state index contributed by atoms with van der Waals surface area (Å²) in [6, 6.07) is 17.5. The highest BCUT2D eigenvalue weighted by Crippen LogP contribution is 2.11. The number of rotatable bonds is 7. The molecule has 0 aliphatic rings. The molecule has 0 fully saturated rings. The van der Waals surface area contributed by atoms with E-state index in [2.05, 4.69) is 10.6 Å². The molecule has 126 valence electrons. The molecule has 4 nitrogen and oxygen atoms in total. The van der Waals surface area contributed by atoms with Crippen LogP contribution in [-0.2, 0) is 22.4 Å². The molecule has 0 bridgehead atoms. The molecular weight excluding hydrogens is 300 g/mol. The summed E-state index contributed by atoms with van der Waals surface area (Å²) in [5.74, 6) is -0.00574. The van der Waals surface area contributed by atoms with Crippen LogP contribution in [0.1, 0.15) is 31.4 Å². The Hall–Kier alpha value is -2.62. The molecule has 0 atom stereocenters. The summed E-state index contributed by atoms with van der Waals surface area (Å²) in [6.07, 6.45) is 1.52. The molecule has 0 aliphatic heterocycles. The summed E-state index contributed by atoms with van der Waals surface area (Å²) >= 11 is 0. The van der Waals surface area contributed by atoms with Gasteiger partial charge < -0.3 is 10.6 Å². The number of carbonyl (C=O) groups excluding carboxylic acids is 2. The fourth-order valence-electron chi connectivity index (χ4n) is 2.39. The van der Waals surface area contributed by atoms with E-state index in [0.29, 0.717) is 12.8 Å². The summed E-state index contributed by atoms with van der Waals surface area (Å²) in [5.41, 5.74) is 2.83. The second kappa shape index (κ2) is 8.87. The quantitative estimate of drug-likeness (QED) is 0.821. The van der Waals surface area contributed by atoms with Crippen molar-refractivity contribution in [3.05, 3.63) is 65.7 Å². The van der Waals surface area contributed by atoms with E-state index < -0.39 is 0 Å². The molecule has 0 saturated heterocycles. The molecule has 0 unspecified atom stereocenters. The van der Waals surface area contributed by atoms with Crippen molar-refractivity contribution in [3.8, 4) is 0 Å². The van der Waals surface area contributed by atoms with Gasteiger partial charge in [-0.25, -0.2) is 0 Å². The predicted octanol–water partition coefficient (Wildman–Crippen LogP) is 3.33. The molecule has 2 rings (SSSR count). The van der Waals surface area contributed by atoms with Gasteiger partial charge >= 0.3 is 0 Å². The van der Waals surface area contributed by atoms with Gasteiger partial charge in [-0.05, 0) is 43.5 Å². The Morgan fingerprint density at radius 3 is 2.17 bits per heavy atom. The predicted molar refractivity (Wildman–Crippen MR) is 96.8 cm³/mol. The van der Waals surface area contributed by atoms with Crippen molar-refractivity contribution in [1.82, 2.24) is 5.32 Å². The highest BCUT2D eigenvalue weighted by Gasteiger charge is 2.06. The Balaban J connectivity index is 1.80. The lowest BCUT2D eigenvalue weighted by atomic mass is 10.1. The maximum absolute atomic E-state index is 12.0. The van der Waals surface area contributed by atoms with Crippen LogP contribution in [0.15, 0.2) is 54.6 Å². The number of carbonyl (C=O) groups is 2. The van der Waals surface area contributed by atoms with Gasteiger partial charge in [-0.1, -0.05) is 42.5 Å². The van der Waals surface area contributed by atoms with E-state index in [1.54, 1.807) is 0 Å². The van der Waals surface area contributed by atoms with Gasteiger partial charge in [-0.2, -0.15) is 0 Å². The summed E-state index contributed by atoms with van der Waals surface area (Å²) in [7, 11) is 0. The number of hydrogen-bond acceptors (Lipinski definition) is 2. The number of benzene rings is 2. The van der Waals surface area contributed by atoms with Gasteiger partial charge in [0.15, 0.2) is 0 Å². The van der Waals surface area contributed by atoms with Gasteiger partial charge in [0.05, 0.1) is 6.42 Å². The maximum atomic E-state index is 12.0. The van der Waals surface area contributed by atoms with Crippen molar-refractivity contribution < 1.29 is 9.59 Å². The standard InChI is InChI=1S/C20H24N2O2/c1-15(2)21-20(24)14-17-8-11-18(12-9-17)22-19(23)13-10-16-6-4-3-5-7-16/h3-9,11-12,15H,10,13-14H2,1-2H3,(H,21,24)(H,22,23). The van der Waals surface area contributed by atoms with Crippen LogP contribution >= 0.6 is 0 Å². The van der Waals surface area contributed by atoms with Crippen LogP contribution in [-0.4, -0.2) is 17.9 Å². The van der Waals surface area contributed by atoms with Crippen molar-refractivity contribution >= 4 is 17.5 Å². The van der Waals surface area contributed by atoms with Gasteiger partial charge in [0.1, 0.15) is 0 Å². The van der Waals surface area contributed by atoms with Gasteiger partial charge in [-0.3, -0.25) is 9.59 Å². The van der Waals surface area contributed by atoms with E-state index in [9.17, 15) is 9.59 Å². The SMILES string of the molecule is CC(C)NC(=O)Cc1ccc(NC(=O)CCc2ccccc2)cc1. The van der Waals surface area contributed by atoms with Crippen LogP contribution in [0.5, 0.6) is 0 Å². The molecule has 2 amide bonds. The number of amides is 2. The second-order valence-corrected chi connectivity index (χ2v) is 6.13. The van der Waals surface area contributed by atoms with Crippen LogP contribution in [0, 0.1) is 0 Å². The lowest BCUT2D eigenvalue weighted by Gasteiger charge is -2.09. The van der Waals surface area contributed by atoms with Crippen molar-refractivity contribution in [2.45, 2.75) is 39.2 Å². The zero-order valence-electron chi connectivity index (χ0n) is 14.2. The number of hydrogen-bond donors (Lipinski definition) is 2. The Labute approximate surface area is 143 Å². The van der Waals surface area contributed by atoms with Gasteiger partial charge in [0.2, 0.25) is 11.8 Å². The summed E-state index contributed by atoms with van der Waals surface area (Å²) in [5, 5.41) is 5.75. The van der Waals surface area contributed by atoms with E-state index in [4.69, 9.17) is 0 Å². The van der Waals surface area contributed by atoms with Gasteiger partial charge in [0, 0.05) is 18.2 Å². The van der Waals surface area contributed by atoms with Crippen molar-refractivity contribution in [3.63, 3.8) is 0 Å². The molecule has 0 spiro atoms. The fraction of sp³-hybridized carbons (Fsp3) is 0.300. The zero-order chi connectivity index (χ0) is 17.4. The first-order valence-corrected chi connectivity index (χ1v) is 8.25. The zero-order valence-corrected chi connectivity index (χ0v) is 14.2. The molecule has 0 heterocycles. The van der Waals surface area contributed by atoms with E-state index in [-0.39, 0.29) is 17.9 Å². The first-order chi connectivity index (χ1) is 11.5. The number of aryl methyl sites for hydroxylation is 1. The molecule has 0 aromatic heterocycles. The molecule has 2 aromatic rings. The molecule has 0 aliphatic carbocycles. The minimum absolute atomic E-state index is 0.00430. The third-order valence-electron chi connectivity index (χ3n) is 3.54. The summed E-state index contributed by atoms with van der Waals surface area (Å²) < 4.78 is 0. The maximum Gasteiger partial charge on any atom is 0.224 e. The van der Waals surface area contributed by atoms with Crippen LogP contribution in [0.4, 0.5) is 5.69 Å². The Bertz CT molecular complexity index is 664. The van der Waals surface area contributed by atoms with Crippen LogP contribution < -0.4 is 10.6 Å². The number of nitrogens with one attached hydrogen (secondary N) is 2. The normalized spacial score (nSPS) is 10.5. The minimum Gasteiger partial charge on any atom is -0.354 e. The summed E-state index contributed by atoms with van der Waals surface area (Å²) in [6.45, 7) is 3.87. The number of anilines is 1. The van der Waals surface area contributed by atoms with Gasteiger partial charge in [-0.15, -0.1) is 0 Å². The largest absolute Gasteiger partial charge is 0.354 e. The van der Waals surface area contributed by atoms with E-state index in [0.717, 1.165) is 23.2 Å². The third-order valence-corrected chi connectivity index (χ3v) is 3.54. The molecule has 2 N–H and O–H groups in total. The molecule has 2 aromatic carbocycles. The molecule has 4 heteroatoms. The van der Waals surface area contributed by atoms with Crippen LogP contribution in [0.3, 0.4) is 0 Å². The Kier molecular flexibility index (Phi) is 6.55. The highest BCUT2D eigenvalue weighted by molar-refractivity contribution is 5.90. The van der Waals surface area contributed by atoms with Gasteiger partial charge in [0.25, 0.3) is 0 Å². The van der Waals surface area contributed by atoms with Crippen molar-refractivity contribution in [2.75, 3.05) is 5.32 Å². The smallest absolute Gasteiger partial charge is 0.224 e. The molecule has 24 heavy (non-hydrogen) atoms. The van der Waals surface area contributed by atoms with Crippen LogP contribution in [0.25, 0.3) is 0 Å². The van der Waals surface area contributed by atoms with E-state index >= 15 is 0 Å². The Morgan fingerprint density at radius 2 is 1.54 bits per heavy atom. The fourth-order valence-corrected chi connectivity index (χ4v) is 2.39. The lowest BCUT2D eigenvalue weighted by Crippen LogP contribution is -2.31. The minimum atomic E-state index is -0.0100. The average molecular weight is 324 g/mol. The lowest BCUT2D eigenvalue weighted by molar-refractivity contribution is -0.121. The third kappa shape index (κ3) is 6.24. The first kappa shape index (κ1) is 17.7. The van der Waals surface area contributed by atoms with Crippen molar-refractivity contribution in [2.24, 2.45) is 0 Å².